The SMILES string of the molecule is CC(=O)N1C(C)(C)CC2(CC1(C)C)OC(C)(C)C(=O)N2Cc1ccccc1. The average molecular weight is 373 g/mol. The summed E-state index contributed by atoms with van der Waals surface area (Å²) in [6.45, 7) is 14.1. The van der Waals surface area contributed by atoms with Gasteiger partial charge in [0.2, 0.25) is 5.91 Å². The number of carbonyl (C=O) groups is 2. The Kier molecular flexibility index (Phi) is 4.46. The standard InChI is InChI=1S/C22H32N2O3/c1-16(25)24-19(2,3)14-22(15-20(24,4)5)23(18(26)21(6,7)27-22)13-17-11-9-8-10-12-17/h8-12H,13-15H2,1-7H3. The maximum absolute atomic E-state index is 13.3. The molecule has 1 spiro atoms. The number of hydrogen-bond acceptors (Lipinski definition) is 3. The normalized spacial score (nSPS) is 25.1. The molecule has 2 aliphatic heterocycles. The van der Waals surface area contributed by atoms with Crippen molar-refractivity contribution in [3.05, 3.63) is 35.9 Å². The summed E-state index contributed by atoms with van der Waals surface area (Å²) < 4.78 is 6.51. The van der Waals surface area contributed by atoms with Crippen LogP contribution >= 0.6 is 0 Å². The van der Waals surface area contributed by atoms with E-state index in [4.69, 9.17) is 4.74 Å². The molecule has 0 aliphatic carbocycles. The first-order valence-corrected chi connectivity index (χ1v) is 9.68. The van der Waals surface area contributed by atoms with Crippen LogP contribution in [0.25, 0.3) is 0 Å². The lowest BCUT2D eigenvalue weighted by atomic mass is 9.74. The Labute approximate surface area is 162 Å². The molecule has 2 aliphatic rings. The Balaban J connectivity index is 2.05. The van der Waals surface area contributed by atoms with Crippen LogP contribution in [-0.2, 0) is 20.9 Å². The largest absolute Gasteiger partial charge is 0.340 e. The third-order valence-electron chi connectivity index (χ3n) is 5.82. The minimum atomic E-state index is -0.876. The van der Waals surface area contributed by atoms with E-state index in [0.717, 1.165) is 5.56 Å². The first-order valence-electron chi connectivity index (χ1n) is 9.68. The van der Waals surface area contributed by atoms with E-state index in [9.17, 15) is 9.59 Å². The molecular weight excluding hydrogens is 340 g/mol. The van der Waals surface area contributed by atoms with Gasteiger partial charge in [0, 0.05) is 37.4 Å². The van der Waals surface area contributed by atoms with Crippen LogP contribution < -0.4 is 0 Å². The number of nitrogens with zero attached hydrogens (tertiary/aromatic N) is 2. The van der Waals surface area contributed by atoms with E-state index in [0.29, 0.717) is 19.4 Å². The van der Waals surface area contributed by atoms with Gasteiger partial charge in [-0.2, -0.15) is 0 Å². The van der Waals surface area contributed by atoms with Gasteiger partial charge in [-0.3, -0.25) is 9.59 Å². The number of carbonyl (C=O) groups excluding carboxylic acids is 2. The van der Waals surface area contributed by atoms with Gasteiger partial charge < -0.3 is 14.5 Å². The van der Waals surface area contributed by atoms with Gasteiger partial charge in [-0.1, -0.05) is 30.3 Å². The monoisotopic (exact) mass is 372 g/mol. The summed E-state index contributed by atoms with van der Waals surface area (Å²) in [4.78, 5) is 29.5. The van der Waals surface area contributed by atoms with E-state index in [1.165, 1.54) is 0 Å². The van der Waals surface area contributed by atoms with Gasteiger partial charge in [-0.05, 0) is 47.1 Å². The molecule has 2 amide bonds. The molecule has 2 saturated heterocycles. The predicted octanol–water partition coefficient (Wildman–Crippen LogP) is 3.72. The molecular formula is C22H32N2O3. The highest BCUT2D eigenvalue weighted by Gasteiger charge is 2.64. The first kappa shape index (κ1) is 19.9. The highest BCUT2D eigenvalue weighted by molar-refractivity contribution is 5.87. The smallest absolute Gasteiger partial charge is 0.256 e. The molecule has 0 N–H and O–H groups in total. The molecule has 2 heterocycles. The van der Waals surface area contributed by atoms with Gasteiger partial charge in [-0.25, -0.2) is 0 Å². The second-order valence-corrected chi connectivity index (χ2v) is 9.77. The molecule has 0 saturated carbocycles. The molecule has 0 unspecified atom stereocenters. The molecule has 2 fully saturated rings. The van der Waals surface area contributed by atoms with Crippen molar-refractivity contribution in [2.45, 2.75) is 90.3 Å². The predicted molar refractivity (Wildman–Crippen MR) is 105 cm³/mol. The topological polar surface area (TPSA) is 49.9 Å². The van der Waals surface area contributed by atoms with Crippen molar-refractivity contribution in [2.24, 2.45) is 0 Å². The zero-order valence-corrected chi connectivity index (χ0v) is 17.6. The number of hydrogen-bond donors (Lipinski definition) is 0. The van der Waals surface area contributed by atoms with E-state index in [1.54, 1.807) is 6.92 Å². The van der Waals surface area contributed by atoms with Crippen LogP contribution in [0.2, 0.25) is 0 Å². The summed E-state index contributed by atoms with van der Waals surface area (Å²) in [5, 5.41) is 0. The van der Waals surface area contributed by atoms with Crippen LogP contribution in [0.3, 0.4) is 0 Å². The lowest BCUT2D eigenvalue weighted by molar-refractivity contribution is -0.214. The highest BCUT2D eigenvalue weighted by atomic mass is 16.6. The summed E-state index contributed by atoms with van der Waals surface area (Å²) in [5.74, 6) is 0.0623. The first-order chi connectivity index (χ1) is 12.3. The molecule has 148 valence electrons. The summed E-state index contributed by atoms with van der Waals surface area (Å²) in [6, 6.07) is 10.0. The van der Waals surface area contributed by atoms with Crippen LogP contribution in [0.5, 0.6) is 0 Å². The number of rotatable bonds is 2. The van der Waals surface area contributed by atoms with E-state index < -0.39 is 22.4 Å². The van der Waals surface area contributed by atoms with Crippen molar-refractivity contribution in [3.8, 4) is 0 Å². The zero-order valence-electron chi connectivity index (χ0n) is 17.6. The van der Waals surface area contributed by atoms with Crippen molar-refractivity contribution in [1.29, 1.82) is 0 Å². The maximum atomic E-state index is 13.3. The van der Waals surface area contributed by atoms with Crippen molar-refractivity contribution in [1.82, 2.24) is 9.80 Å². The van der Waals surface area contributed by atoms with E-state index in [-0.39, 0.29) is 11.8 Å². The number of piperidine rings is 1. The van der Waals surface area contributed by atoms with Crippen LogP contribution in [0, 0.1) is 0 Å². The lowest BCUT2D eigenvalue weighted by Gasteiger charge is -2.59. The summed E-state index contributed by atoms with van der Waals surface area (Å²) in [5.41, 5.74) is -1.38. The Morgan fingerprint density at radius 1 is 1.00 bits per heavy atom. The molecule has 1 aromatic carbocycles. The van der Waals surface area contributed by atoms with Gasteiger partial charge in [0.25, 0.3) is 5.91 Å². The highest BCUT2D eigenvalue weighted by Crippen LogP contribution is 2.52. The van der Waals surface area contributed by atoms with Crippen molar-refractivity contribution >= 4 is 11.8 Å². The fraction of sp³-hybridized carbons (Fsp3) is 0.636. The molecule has 1 aromatic rings. The minimum absolute atomic E-state index is 0.00854. The minimum Gasteiger partial charge on any atom is -0.340 e. The Morgan fingerprint density at radius 3 is 2.00 bits per heavy atom. The summed E-state index contributed by atoms with van der Waals surface area (Å²) in [7, 11) is 0. The zero-order chi connectivity index (χ0) is 20.3. The van der Waals surface area contributed by atoms with Gasteiger partial charge >= 0.3 is 0 Å². The van der Waals surface area contributed by atoms with Crippen molar-refractivity contribution < 1.29 is 14.3 Å². The van der Waals surface area contributed by atoms with Gasteiger partial charge in [0.05, 0.1) is 0 Å². The van der Waals surface area contributed by atoms with Gasteiger partial charge in [0.15, 0.2) is 0 Å². The summed E-state index contributed by atoms with van der Waals surface area (Å²) >= 11 is 0. The quantitative estimate of drug-likeness (QED) is 0.795. The van der Waals surface area contributed by atoms with Crippen LogP contribution in [-0.4, -0.2) is 44.0 Å². The van der Waals surface area contributed by atoms with Gasteiger partial charge in [0.1, 0.15) is 11.3 Å². The lowest BCUT2D eigenvalue weighted by Crippen LogP contribution is -2.69. The molecule has 27 heavy (non-hydrogen) atoms. The Morgan fingerprint density at radius 2 is 1.52 bits per heavy atom. The molecule has 0 aromatic heterocycles. The number of benzene rings is 1. The van der Waals surface area contributed by atoms with Gasteiger partial charge in [-0.15, -0.1) is 0 Å². The Hall–Kier alpha value is -1.88. The fourth-order valence-corrected chi connectivity index (χ4v) is 5.57. The van der Waals surface area contributed by atoms with Crippen LogP contribution in [0.1, 0.15) is 66.9 Å². The van der Waals surface area contributed by atoms with E-state index in [2.05, 4.69) is 27.7 Å². The fourth-order valence-electron chi connectivity index (χ4n) is 5.57. The summed E-state index contributed by atoms with van der Waals surface area (Å²) in [6.07, 6.45) is 1.18. The third kappa shape index (κ3) is 3.27. The maximum Gasteiger partial charge on any atom is 0.256 e. The number of likely N-dealkylation sites (tertiary alicyclic amines) is 1. The van der Waals surface area contributed by atoms with Crippen molar-refractivity contribution in [3.63, 3.8) is 0 Å². The van der Waals surface area contributed by atoms with Crippen LogP contribution in [0.4, 0.5) is 0 Å². The molecule has 3 rings (SSSR count). The van der Waals surface area contributed by atoms with E-state index >= 15 is 0 Å². The van der Waals surface area contributed by atoms with E-state index in [1.807, 2.05) is 54.0 Å². The molecule has 0 atom stereocenters. The second kappa shape index (κ2) is 6.06. The Bertz CT molecular complexity index is 734. The average Bonchev–Trinajstić information content (AvgIpc) is 2.64. The second-order valence-electron chi connectivity index (χ2n) is 9.77. The molecule has 0 radical (unpaired) electrons. The number of ether oxygens (including phenoxy) is 1. The molecule has 5 nitrogen and oxygen atoms in total. The molecule has 5 heteroatoms. The van der Waals surface area contributed by atoms with Crippen molar-refractivity contribution in [2.75, 3.05) is 0 Å². The number of amides is 2. The molecule has 0 bridgehead atoms. The third-order valence-corrected chi connectivity index (χ3v) is 5.82. The van der Waals surface area contributed by atoms with Crippen LogP contribution in [0.15, 0.2) is 30.3 Å².